The second-order valence-electron chi connectivity index (χ2n) is 12.3. The molecule has 4 rings (SSSR count). The molecule has 1 aromatic heterocycles. The summed E-state index contributed by atoms with van der Waals surface area (Å²) in [5, 5.41) is 5.77. The first-order chi connectivity index (χ1) is 18.8. The van der Waals surface area contributed by atoms with Crippen molar-refractivity contribution in [1.82, 2.24) is 15.5 Å². The summed E-state index contributed by atoms with van der Waals surface area (Å²) < 4.78 is 44.3. The van der Waals surface area contributed by atoms with Crippen molar-refractivity contribution in [3.8, 4) is 0 Å². The standard InChI is InChI=1S/C30H40F3N3O4/c1-28(2,3)35-27(39)29(20-8-5-4-6-9-20)12-16-36(17-13-29)15-7-14-34-26(38)25-19-23(37)22-18-21(30(31,32)33)10-11-24(22)40-25/h10-11,18-20H,4-9,12-17H2,1-3H3,(H,34,38)(H,35,39). The average Bonchev–Trinajstić information content (AvgIpc) is 2.90. The lowest BCUT2D eigenvalue weighted by atomic mass is 9.63. The number of hydrogen-bond acceptors (Lipinski definition) is 5. The van der Waals surface area contributed by atoms with Crippen LogP contribution in [0.15, 0.2) is 33.5 Å². The van der Waals surface area contributed by atoms with Gasteiger partial charge in [-0.05, 0) is 96.6 Å². The highest BCUT2D eigenvalue weighted by Crippen LogP contribution is 2.46. The van der Waals surface area contributed by atoms with Crippen molar-refractivity contribution in [1.29, 1.82) is 0 Å². The van der Waals surface area contributed by atoms with Crippen molar-refractivity contribution in [2.45, 2.75) is 83.9 Å². The number of carbonyl (C=O) groups is 2. The highest BCUT2D eigenvalue weighted by atomic mass is 19.4. The fourth-order valence-corrected chi connectivity index (χ4v) is 6.15. The van der Waals surface area contributed by atoms with Crippen molar-refractivity contribution in [3.05, 3.63) is 45.8 Å². The molecule has 1 saturated carbocycles. The number of fused-ring (bicyclic) bond motifs is 1. The second kappa shape index (κ2) is 11.9. The van der Waals surface area contributed by atoms with Gasteiger partial charge in [-0.15, -0.1) is 0 Å². The molecule has 10 heteroatoms. The zero-order valence-corrected chi connectivity index (χ0v) is 23.6. The summed E-state index contributed by atoms with van der Waals surface area (Å²) in [6.07, 6.45) is 3.57. The molecule has 2 amide bonds. The van der Waals surface area contributed by atoms with E-state index in [1.807, 2.05) is 20.8 Å². The van der Waals surface area contributed by atoms with Crippen LogP contribution in [-0.2, 0) is 11.0 Å². The lowest BCUT2D eigenvalue weighted by Gasteiger charge is -2.47. The van der Waals surface area contributed by atoms with Gasteiger partial charge in [-0.2, -0.15) is 13.2 Å². The van der Waals surface area contributed by atoms with Crippen LogP contribution in [-0.4, -0.2) is 48.4 Å². The summed E-state index contributed by atoms with van der Waals surface area (Å²) in [7, 11) is 0. The molecule has 0 atom stereocenters. The number of benzene rings is 1. The van der Waals surface area contributed by atoms with Gasteiger partial charge in [-0.25, -0.2) is 0 Å². The molecule has 2 aromatic rings. The third-order valence-corrected chi connectivity index (χ3v) is 8.29. The molecule has 2 heterocycles. The first-order valence-corrected chi connectivity index (χ1v) is 14.3. The number of alkyl halides is 3. The Morgan fingerprint density at radius 3 is 2.35 bits per heavy atom. The second-order valence-corrected chi connectivity index (χ2v) is 12.3. The summed E-state index contributed by atoms with van der Waals surface area (Å²) in [5.74, 6) is -0.225. The molecule has 1 aliphatic carbocycles. The highest BCUT2D eigenvalue weighted by molar-refractivity contribution is 5.93. The van der Waals surface area contributed by atoms with Gasteiger partial charge in [-0.3, -0.25) is 14.4 Å². The van der Waals surface area contributed by atoms with Crippen LogP contribution in [0.2, 0.25) is 0 Å². The number of hydrogen-bond donors (Lipinski definition) is 2. The summed E-state index contributed by atoms with van der Waals surface area (Å²) in [6.45, 7) is 8.82. The minimum absolute atomic E-state index is 0.0732. The number of likely N-dealkylation sites (tertiary alicyclic amines) is 1. The largest absolute Gasteiger partial charge is 0.451 e. The van der Waals surface area contributed by atoms with E-state index in [1.165, 1.54) is 19.3 Å². The maximum atomic E-state index is 13.5. The van der Waals surface area contributed by atoms with E-state index in [0.29, 0.717) is 18.9 Å². The van der Waals surface area contributed by atoms with Gasteiger partial charge in [0.1, 0.15) is 5.58 Å². The lowest BCUT2D eigenvalue weighted by molar-refractivity contribution is -0.141. The van der Waals surface area contributed by atoms with Gasteiger partial charge < -0.3 is 20.0 Å². The molecule has 1 aromatic carbocycles. The van der Waals surface area contributed by atoms with E-state index >= 15 is 0 Å². The zero-order valence-electron chi connectivity index (χ0n) is 23.6. The van der Waals surface area contributed by atoms with Gasteiger partial charge in [0.15, 0.2) is 11.2 Å². The molecule has 2 aliphatic rings. The number of rotatable bonds is 7. The van der Waals surface area contributed by atoms with Crippen LogP contribution >= 0.6 is 0 Å². The Kier molecular flexibility index (Phi) is 8.97. The van der Waals surface area contributed by atoms with Crippen molar-refractivity contribution in [2.75, 3.05) is 26.2 Å². The van der Waals surface area contributed by atoms with Crippen LogP contribution in [0.5, 0.6) is 0 Å². The van der Waals surface area contributed by atoms with Crippen LogP contribution in [0.4, 0.5) is 13.2 Å². The summed E-state index contributed by atoms with van der Waals surface area (Å²) >= 11 is 0. The Labute approximate surface area is 232 Å². The topological polar surface area (TPSA) is 91.7 Å². The number of amides is 2. The monoisotopic (exact) mass is 563 g/mol. The van der Waals surface area contributed by atoms with E-state index in [-0.39, 0.29) is 33.6 Å². The minimum atomic E-state index is -4.58. The molecule has 2 N–H and O–H groups in total. The van der Waals surface area contributed by atoms with Crippen LogP contribution < -0.4 is 16.1 Å². The van der Waals surface area contributed by atoms with Crippen molar-refractivity contribution in [2.24, 2.45) is 11.3 Å². The molecule has 220 valence electrons. The predicted octanol–water partition coefficient (Wildman–Crippen LogP) is 5.51. The fourth-order valence-electron chi connectivity index (χ4n) is 6.15. The molecule has 1 saturated heterocycles. The zero-order chi connectivity index (χ0) is 29.1. The Balaban J connectivity index is 1.30. The molecular formula is C30H40F3N3O4. The Morgan fingerprint density at radius 2 is 1.73 bits per heavy atom. The quantitative estimate of drug-likeness (QED) is 0.434. The lowest BCUT2D eigenvalue weighted by Crippen LogP contribution is -2.56. The smallest absolute Gasteiger partial charge is 0.416 e. The third-order valence-electron chi connectivity index (χ3n) is 8.29. The van der Waals surface area contributed by atoms with Crippen LogP contribution in [0.1, 0.15) is 88.3 Å². The van der Waals surface area contributed by atoms with Crippen LogP contribution in [0, 0.1) is 11.3 Å². The molecule has 0 radical (unpaired) electrons. The van der Waals surface area contributed by atoms with Gasteiger partial charge in [-0.1, -0.05) is 19.3 Å². The number of nitrogens with one attached hydrogen (secondary N) is 2. The molecule has 0 unspecified atom stereocenters. The van der Waals surface area contributed by atoms with E-state index in [1.54, 1.807) is 0 Å². The van der Waals surface area contributed by atoms with Crippen molar-refractivity contribution >= 4 is 22.8 Å². The van der Waals surface area contributed by atoms with Crippen LogP contribution in [0.25, 0.3) is 11.0 Å². The van der Waals surface area contributed by atoms with Crippen LogP contribution in [0.3, 0.4) is 0 Å². The van der Waals surface area contributed by atoms with E-state index in [9.17, 15) is 27.6 Å². The third kappa shape index (κ3) is 7.06. The van der Waals surface area contributed by atoms with Crippen molar-refractivity contribution in [3.63, 3.8) is 0 Å². The normalized spacial score (nSPS) is 18.9. The summed E-state index contributed by atoms with van der Waals surface area (Å²) in [5.41, 5.74) is -2.33. The Morgan fingerprint density at radius 1 is 1.05 bits per heavy atom. The maximum Gasteiger partial charge on any atom is 0.416 e. The van der Waals surface area contributed by atoms with Gasteiger partial charge in [0, 0.05) is 18.2 Å². The van der Waals surface area contributed by atoms with Gasteiger partial charge in [0.25, 0.3) is 5.91 Å². The Hall–Kier alpha value is -2.88. The molecule has 7 nitrogen and oxygen atoms in total. The Bertz CT molecular complexity index is 1270. The molecule has 1 aliphatic heterocycles. The van der Waals surface area contributed by atoms with Crippen molar-refractivity contribution < 1.29 is 27.2 Å². The average molecular weight is 564 g/mol. The SMILES string of the molecule is CC(C)(C)NC(=O)C1(C2CCCCC2)CCN(CCCNC(=O)c2cc(=O)c3cc(C(F)(F)F)ccc3o2)CC1. The fraction of sp³-hybridized carbons (Fsp3) is 0.633. The summed E-state index contributed by atoms with van der Waals surface area (Å²) in [4.78, 5) is 40.8. The number of halogens is 3. The molecule has 2 fully saturated rings. The van der Waals surface area contributed by atoms with Gasteiger partial charge in [0.2, 0.25) is 5.91 Å². The molecule has 40 heavy (non-hydrogen) atoms. The van der Waals surface area contributed by atoms with E-state index in [4.69, 9.17) is 4.42 Å². The highest BCUT2D eigenvalue weighted by Gasteiger charge is 2.48. The first kappa shape index (κ1) is 30.1. The van der Waals surface area contributed by atoms with E-state index in [2.05, 4.69) is 15.5 Å². The van der Waals surface area contributed by atoms with E-state index in [0.717, 1.165) is 69.6 Å². The molecule has 0 spiro atoms. The molecular weight excluding hydrogens is 523 g/mol. The van der Waals surface area contributed by atoms with Gasteiger partial charge in [0.05, 0.1) is 16.4 Å². The maximum absolute atomic E-state index is 13.5. The van der Waals surface area contributed by atoms with Gasteiger partial charge >= 0.3 is 6.18 Å². The number of carbonyl (C=O) groups excluding carboxylic acids is 2. The summed E-state index contributed by atoms with van der Waals surface area (Å²) in [6, 6.07) is 3.54. The minimum Gasteiger partial charge on any atom is -0.451 e. The van der Waals surface area contributed by atoms with E-state index < -0.39 is 23.1 Å². The number of nitrogens with zero attached hydrogens (tertiary/aromatic N) is 1. The predicted molar refractivity (Wildman–Crippen MR) is 147 cm³/mol. The molecule has 0 bridgehead atoms. The number of piperidine rings is 1. The first-order valence-electron chi connectivity index (χ1n) is 14.3.